The highest BCUT2D eigenvalue weighted by Gasteiger charge is 2.24. The predicted molar refractivity (Wildman–Crippen MR) is 131 cm³/mol. The normalized spacial score (nSPS) is 11.4. The van der Waals surface area contributed by atoms with Gasteiger partial charge in [0.1, 0.15) is 18.5 Å². The van der Waals surface area contributed by atoms with E-state index in [1.807, 2.05) is 18.2 Å². The summed E-state index contributed by atoms with van der Waals surface area (Å²) in [6, 6.07) is 13.8. The number of aromatic nitrogens is 2. The molecule has 3 aromatic rings. The summed E-state index contributed by atoms with van der Waals surface area (Å²) in [5, 5.41) is 0.656. The van der Waals surface area contributed by atoms with Crippen LogP contribution in [-0.4, -0.2) is 41.4 Å². The van der Waals surface area contributed by atoms with E-state index in [0.29, 0.717) is 27.9 Å². The van der Waals surface area contributed by atoms with Crippen LogP contribution in [0.25, 0.3) is 17.8 Å². The number of nitrogens with zero attached hydrogens (tertiary/aromatic N) is 2. The van der Waals surface area contributed by atoms with Crippen LogP contribution in [0.4, 0.5) is 0 Å². The van der Waals surface area contributed by atoms with Gasteiger partial charge in [-0.3, -0.25) is 14.2 Å². The second-order valence-corrected chi connectivity index (χ2v) is 8.41. The zero-order valence-corrected chi connectivity index (χ0v) is 19.9. The third-order valence-electron chi connectivity index (χ3n) is 4.71. The molecule has 3 rings (SSSR count). The van der Waals surface area contributed by atoms with Crippen LogP contribution >= 0.6 is 11.6 Å². The molecule has 0 atom stereocenters. The van der Waals surface area contributed by atoms with Gasteiger partial charge in [0, 0.05) is 17.2 Å². The van der Waals surface area contributed by atoms with Gasteiger partial charge in [-0.15, -0.1) is 0 Å². The molecule has 0 unspecified atom stereocenters. The number of rotatable bonds is 9. The molecule has 9 heteroatoms. The van der Waals surface area contributed by atoms with Crippen LogP contribution in [-0.2, 0) is 9.53 Å². The minimum absolute atomic E-state index is 0.0879. The van der Waals surface area contributed by atoms with Crippen molar-refractivity contribution in [1.29, 1.82) is 0 Å². The number of hydrogen-bond donors (Lipinski definition) is 1. The zero-order valence-electron chi connectivity index (χ0n) is 19.2. The molecule has 0 saturated heterocycles. The summed E-state index contributed by atoms with van der Waals surface area (Å²) in [4.78, 5) is 28.5. The molecule has 34 heavy (non-hydrogen) atoms. The second-order valence-electron chi connectivity index (χ2n) is 7.97. The van der Waals surface area contributed by atoms with Crippen LogP contribution in [0.1, 0.15) is 25.1 Å². The van der Waals surface area contributed by atoms with Gasteiger partial charge in [-0.05, 0) is 49.8 Å². The van der Waals surface area contributed by atoms with Gasteiger partial charge in [-0.2, -0.15) is 0 Å². The van der Waals surface area contributed by atoms with E-state index in [1.54, 1.807) is 50.3 Å². The Hall–Kier alpha value is -3.62. The lowest BCUT2D eigenvalue weighted by atomic mass is 10.1. The third-order valence-corrected chi connectivity index (χ3v) is 4.96. The summed E-state index contributed by atoms with van der Waals surface area (Å²) in [5.41, 5.74) is 6.19. The van der Waals surface area contributed by atoms with Crippen LogP contribution in [0.2, 0.25) is 5.02 Å². The summed E-state index contributed by atoms with van der Waals surface area (Å²) in [6.07, 6.45) is 5.06. The van der Waals surface area contributed by atoms with Gasteiger partial charge in [0.25, 0.3) is 5.56 Å². The van der Waals surface area contributed by atoms with Crippen molar-refractivity contribution in [1.82, 2.24) is 9.55 Å². The minimum atomic E-state index is -0.879. The van der Waals surface area contributed by atoms with Gasteiger partial charge in [-0.1, -0.05) is 29.8 Å². The van der Waals surface area contributed by atoms with E-state index in [-0.39, 0.29) is 18.7 Å². The maximum absolute atomic E-state index is 12.7. The fourth-order valence-electron chi connectivity index (χ4n) is 3.01. The number of esters is 1. The molecular formula is C25H26ClN3O5. The van der Waals surface area contributed by atoms with Crippen LogP contribution in [0, 0.1) is 0 Å². The number of benzene rings is 2. The molecule has 2 N–H and O–H groups in total. The molecule has 0 spiro atoms. The molecule has 178 valence electrons. The molecule has 0 amide bonds. The summed E-state index contributed by atoms with van der Waals surface area (Å²) in [5.74, 6) is 0.331. The Bertz CT molecular complexity index is 1240. The molecule has 1 aromatic heterocycles. The first-order valence-electron chi connectivity index (χ1n) is 10.5. The van der Waals surface area contributed by atoms with Gasteiger partial charge in [0.15, 0.2) is 11.5 Å². The average Bonchev–Trinajstić information content (AvgIpc) is 2.82. The van der Waals surface area contributed by atoms with E-state index in [9.17, 15) is 9.59 Å². The number of hydrogen-bond acceptors (Lipinski definition) is 7. The molecule has 8 nitrogen and oxygen atoms in total. The van der Waals surface area contributed by atoms with E-state index in [0.717, 1.165) is 5.56 Å². The van der Waals surface area contributed by atoms with Gasteiger partial charge in [-0.25, -0.2) is 4.98 Å². The number of ether oxygens (including phenoxy) is 3. The molecular weight excluding hydrogens is 458 g/mol. The van der Waals surface area contributed by atoms with Crippen molar-refractivity contribution in [2.75, 3.05) is 20.3 Å². The standard InChI is InChI=1S/C25H26ClN3O5/c1-25(2,34-24(31)14-27)15-33-21-11-10-20(13-22(21)32-3)29-16-28-19(12-23(29)30)9-6-17-4-7-18(26)8-5-17/h4-13,16H,14-15,27H2,1-3H3/b9-6+. The summed E-state index contributed by atoms with van der Waals surface area (Å²) in [7, 11) is 1.50. The molecule has 0 radical (unpaired) electrons. The molecule has 2 aromatic carbocycles. The van der Waals surface area contributed by atoms with Crippen molar-refractivity contribution in [3.63, 3.8) is 0 Å². The molecule has 0 aliphatic rings. The molecule has 0 aliphatic carbocycles. The van der Waals surface area contributed by atoms with Crippen LogP contribution < -0.4 is 20.8 Å². The fraction of sp³-hybridized carbons (Fsp3) is 0.240. The highest BCUT2D eigenvalue weighted by atomic mass is 35.5. The largest absolute Gasteiger partial charge is 0.493 e. The molecule has 0 aliphatic heterocycles. The maximum Gasteiger partial charge on any atom is 0.320 e. The Morgan fingerprint density at radius 1 is 1.12 bits per heavy atom. The fourth-order valence-corrected chi connectivity index (χ4v) is 3.14. The predicted octanol–water partition coefficient (Wildman–Crippen LogP) is 3.72. The first-order valence-corrected chi connectivity index (χ1v) is 10.8. The summed E-state index contributed by atoms with van der Waals surface area (Å²) >= 11 is 5.90. The third kappa shape index (κ3) is 6.69. The smallest absolute Gasteiger partial charge is 0.320 e. The van der Waals surface area contributed by atoms with Crippen molar-refractivity contribution in [2.45, 2.75) is 19.4 Å². The monoisotopic (exact) mass is 483 g/mol. The quantitative estimate of drug-likeness (QED) is 0.462. The van der Waals surface area contributed by atoms with E-state index >= 15 is 0 Å². The minimum Gasteiger partial charge on any atom is -0.493 e. The number of methoxy groups -OCH3 is 1. The Morgan fingerprint density at radius 3 is 2.50 bits per heavy atom. The summed E-state index contributed by atoms with van der Waals surface area (Å²) in [6.45, 7) is 3.32. The Kier molecular flexibility index (Phi) is 8.09. The number of halogens is 1. The van der Waals surface area contributed by atoms with Crippen molar-refractivity contribution < 1.29 is 19.0 Å². The highest BCUT2D eigenvalue weighted by molar-refractivity contribution is 6.30. The Labute approximate surface area is 202 Å². The van der Waals surface area contributed by atoms with E-state index in [1.165, 1.54) is 24.1 Å². The maximum atomic E-state index is 12.7. The van der Waals surface area contributed by atoms with Crippen LogP contribution in [0.3, 0.4) is 0 Å². The van der Waals surface area contributed by atoms with Gasteiger partial charge < -0.3 is 19.9 Å². The molecule has 0 saturated carbocycles. The van der Waals surface area contributed by atoms with Crippen molar-refractivity contribution in [2.24, 2.45) is 5.73 Å². The Morgan fingerprint density at radius 2 is 1.85 bits per heavy atom. The van der Waals surface area contributed by atoms with E-state index in [2.05, 4.69) is 4.98 Å². The molecule has 0 bridgehead atoms. The van der Waals surface area contributed by atoms with Gasteiger partial charge in [0.05, 0.1) is 25.0 Å². The number of nitrogens with two attached hydrogens (primary N) is 1. The van der Waals surface area contributed by atoms with Crippen molar-refractivity contribution >= 4 is 29.7 Å². The van der Waals surface area contributed by atoms with Crippen LogP contribution in [0.5, 0.6) is 11.5 Å². The van der Waals surface area contributed by atoms with Gasteiger partial charge >= 0.3 is 5.97 Å². The Balaban J connectivity index is 1.76. The lowest BCUT2D eigenvalue weighted by Crippen LogP contribution is -2.37. The van der Waals surface area contributed by atoms with Crippen molar-refractivity contribution in [3.8, 4) is 17.2 Å². The van der Waals surface area contributed by atoms with Crippen molar-refractivity contribution in [3.05, 3.63) is 81.5 Å². The highest BCUT2D eigenvalue weighted by Crippen LogP contribution is 2.30. The topological polar surface area (TPSA) is 106 Å². The number of carbonyl (C=O) groups is 1. The second kappa shape index (κ2) is 11.0. The zero-order chi connectivity index (χ0) is 24.7. The van der Waals surface area contributed by atoms with Gasteiger partial charge in [0.2, 0.25) is 0 Å². The first kappa shape index (κ1) is 25.0. The molecule has 1 heterocycles. The van der Waals surface area contributed by atoms with E-state index < -0.39 is 11.6 Å². The van der Waals surface area contributed by atoms with E-state index in [4.69, 9.17) is 31.5 Å². The SMILES string of the molecule is COc1cc(-n2cnc(/C=C/c3ccc(Cl)cc3)cc2=O)ccc1OCC(C)(C)OC(=O)CN. The molecule has 0 fully saturated rings. The lowest BCUT2D eigenvalue weighted by Gasteiger charge is -2.25. The summed E-state index contributed by atoms with van der Waals surface area (Å²) < 4.78 is 17.9. The first-order chi connectivity index (χ1) is 16.2. The van der Waals surface area contributed by atoms with Crippen LogP contribution in [0.15, 0.2) is 59.7 Å². The lowest BCUT2D eigenvalue weighted by molar-refractivity contribution is -0.157. The average molecular weight is 484 g/mol. The number of carbonyl (C=O) groups excluding carboxylic acids is 1.